The molecule has 7 heteroatoms. The van der Waals surface area contributed by atoms with Gasteiger partial charge in [-0.15, -0.1) is 0 Å². The van der Waals surface area contributed by atoms with Crippen LogP contribution in [0.3, 0.4) is 0 Å². The molecule has 0 aromatic carbocycles. The van der Waals surface area contributed by atoms with Gasteiger partial charge in [-0.2, -0.15) is 0 Å². The predicted molar refractivity (Wildman–Crippen MR) is 98.8 cm³/mol. The van der Waals surface area contributed by atoms with E-state index in [4.69, 9.17) is 14.2 Å². The zero-order chi connectivity index (χ0) is 18.3. The predicted octanol–water partition coefficient (Wildman–Crippen LogP) is 0.492. The molecule has 1 fully saturated rings. The van der Waals surface area contributed by atoms with Gasteiger partial charge in [0, 0.05) is 25.0 Å². The summed E-state index contributed by atoms with van der Waals surface area (Å²) in [5.41, 5.74) is 0. The van der Waals surface area contributed by atoms with E-state index >= 15 is 0 Å². The molecule has 2 N–H and O–H groups in total. The van der Waals surface area contributed by atoms with E-state index in [0.717, 1.165) is 26.2 Å². The Morgan fingerprint density at radius 3 is 2.12 bits per heavy atom. The van der Waals surface area contributed by atoms with Crippen molar-refractivity contribution in [2.75, 3.05) is 72.9 Å². The van der Waals surface area contributed by atoms with Crippen molar-refractivity contribution in [2.45, 2.75) is 32.7 Å². The molecule has 0 radical (unpaired) electrons. The van der Waals surface area contributed by atoms with Crippen molar-refractivity contribution in [2.24, 2.45) is 5.92 Å². The van der Waals surface area contributed by atoms with Gasteiger partial charge in [-0.3, -0.25) is 4.79 Å². The highest BCUT2D eigenvalue weighted by atomic mass is 16.5. The zero-order valence-corrected chi connectivity index (χ0v) is 16.2. The topological polar surface area (TPSA) is 72.1 Å². The van der Waals surface area contributed by atoms with Gasteiger partial charge in [0.15, 0.2) is 0 Å². The largest absolute Gasteiger partial charge is 0.378 e. The maximum absolute atomic E-state index is 11.3. The first-order chi connectivity index (χ1) is 12.1. The van der Waals surface area contributed by atoms with Crippen molar-refractivity contribution in [1.82, 2.24) is 15.5 Å². The Kier molecular flexibility index (Phi) is 12.9. The van der Waals surface area contributed by atoms with Crippen molar-refractivity contribution in [3.8, 4) is 0 Å². The van der Waals surface area contributed by atoms with Crippen LogP contribution in [0.4, 0.5) is 0 Å². The van der Waals surface area contributed by atoms with Gasteiger partial charge in [0.1, 0.15) is 0 Å². The van der Waals surface area contributed by atoms with Gasteiger partial charge in [-0.1, -0.05) is 13.8 Å². The lowest BCUT2D eigenvalue weighted by Crippen LogP contribution is -2.42. The average molecular weight is 360 g/mol. The van der Waals surface area contributed by atoms with Gasteiger partial charge in [0.2, 0.25) is 5.91 Å². The summed E-state index contributed by atoms with van der Waals surface area (Å²) in [6.45, 7) is 11.2. The van der Waals surface area contributed by atoms with Crippen LogP contribution in [0.15, 0.2) is 0 Å². The van der Waals surface area contributed by atoms with Crippen LogP contribution in [-0.2, 0) is 19.0 Å². The number of carbonyl (C=O) groups is 1. The summed E-state index contributed by atoms with van der Waals surface area (Å²) in [5, 5.41) is 6.15. The van der Waals surface area contributed by atoms with Crippen molar-refractivity contribution >= 4 is 5.91 Å². The maximum Gasteiger partial charge on any atom is 0.222 e. The third kappa shape index (κ3) is 11.5. The summed E-state index contributed by atoms with van der Waals surface area (Å²) in [6, 6.07) is 0.680. The first-order valence-corrected chi connectivity index (χ1v) is 9.54. The lowest BCUT2D eigenvalue weighted by molar-refractivity contribution is -0.124. The van der Waals surface area contributed by atoms with Gasteiger partial charge in [-0.25, -0.2) is 0 Å². The van der Waals surface area contributed by atoms with Crippen LogP contribution >= 0.6 is 0 Å². The molecule has 0 aliphatic carbocycles. The fraction of sp³-hybridized carbons (Fsp3) is 0.944. The average Bonchev–Trinajstić information content (AvgIpc) is 2.62. The number of nitrogens with zero attached hydrogens (tertiary/aromatic N) is 1. The SMILES string of the molecule is CNC1CCN(CCOCCOCCOCCNC(=O)C(C)C)CC1. The first-order valence-electron chi connectivity index (χ1n) is 9.54. The number of nitrogens with one attached hydrogen (secondary N) is 2. The molecule has 0 unspecified atom stereocenters. The smallest absolute Gasteiger partial charge is 0.222 e. The zero-order valence-electron chi connectivity index (χ0n) is 16.2. The maximum atomic E-state index is 11.3. The van der Waals surface area contributed by atoms with Crippen LogP contribution < -0.4 is 10.6 Å². The van der Waals surface area contributed by atoms with Gasteiger partial charge in [-0.05, 0) is 33.0 Å². The highest BCUT2D eigenvalue weighted by Crippen LogP contribution is 2.08. The Morgan fingerprint density at radius 1 is 1.00 bits per heavy atom. The van der Waals surface area contributed by atoms with Crippen molar-refractivity contribution in [3.05, 3.63) is 0 Å². The number of ether oxygens (including phenoxy) is 3. The standard InChI is InChI=1S/C18H37N3O4/c1-16(2)18(22)20-6-10-23-12-14-25-15-13-24-11-9-21-7-4-17(19-3)5-8-21/h16-17,19H,4-15H2,1-3H3,(H,20,22). The monoisotopic (exact) mass is 359 g/mol. The molecule has 1 aliphatic rings. The van der Waals surface area contributed by atoms with Gasteiger partial charge >= 0.3 is 0 Å². The quantitative estimate of drug-likeness (QED) is 0.440. The summed E-state index contributed by atoms with van der Waals surface area (Å²) in [4.78, 5) is 13.8. The number of amides is 1. The van der Waals surface area contributed by atoms with Crippen LogP contribution in [0.1, 0.15) is 26.7 Å². The lowest BCUT2D eigenvalue weighted by atomic mass is 10.1. The number of piperidine rings is 1. The molecular weight excluding hydrogens is 322 g/mol. The normalized spacial score (nSPS) is 16.5. The molecule has 148 valence electrons. The second kappa shape index (κ2) is 14.4. The second-order valence-electron chi connectivity index (χ2n) is 6.69. The number of carbonyl (C=O) groups excluding carboxylic acids is 1. The van der Waals surface area contributed by atoms with E-state index in [1.54, 1.807) is 0 Å². The number of likely N-dealkylation sites (tertiary alicyclic amines) is 1. The molecule has 25 heavy (non-hydrogen) atoms. The molecule has 0 aromatic rings. The van der Waals surface area contributed by atoms with E-state index in [9.17, 15) is 4.79 Å². The molecule has 0 saturated carbocycles. The second-order valence-corrected chi connectivity index (χ2v) is 6.69. The minimum atomic E-state index is 0.0171. The Balaban J connectivity index is 1.77. The van der Waals surface area contributed by atoms with Crippen LogP contribution in [0.25, 0.3) is 0 Å². The number of hydrogen-bond donors (Lipinski definition) is 2. The van der Waals surface area contributed by atoms with Crippen molar-refractivity contribution < 1.29 is 19.0 Å². The molecule has 1 heterocycles. The molecule has 0 spiro atoms. The van der Waals surface area contributed by atoms with E-state index < -0.39 is 0 Å². The molecule has 7 nitrogen and oxygen atoms in total. The third-order valence-corrected chi connectivity index (χ3v) is 4.36. The van der Waals surface area contributed by atoms with Gasteiger partial charge in [0.05, 0.1) is 39.6 Å². The van der Waals surface area contributed by atoms with E-state index in [1.165, 1.54) is 12.8 Å². The van der Waals surface area contributed by atoms with E-state index in [-0.39, 0.29) is 11.8 Å². The highest BCUT2D eigenvalue weighted by molar-refractivity contribution is 5.77. The molecule has 0 aromatic heterocycles. The summed E-state index contributed by atoms with van der Waals surface area (Å²) in [5.74, 6) is 0.0758. The third-order valence-electron chi connectivity index (χ3n) is 4.36. The minimum Gasteiger partial charge on any atom is -0.378 e. The molecule has 0 atom stereocenters. The van der Waals surface area contributed by atoms with Gasteiger partial charge in [0.25, 0.3) is 0 Å². The summed E-state index contributed by atoms with van der Waals surface area (Å²) < 4.78 is 16.5. The fourth-order valence-corrected chi connectivity index (χ4v) is 2.63. The number of rotatable bonds is 14. The van der Waals surface area contributed by atoms with E-state index in [0.29, 0.717) is 45.6 Å². The summed E-state index contributed by atoms with van der Waals surface area (Å²) >= 11 is 0. The van der Waals surface area contributed by atoms with Gasteiger partial charge < -0.3 is 29.7 Å². The molecule has 1 saturated heterocycles. The highest BCUT2D eigenvalue weighted by Gasteiger charge is 2.16. The van der Waals surface area contributed by atoms with Crippen LogP contribution in [0.5, 0.6) is 0 Å². The molecule has 1 aliphatic heterocycles. The lowest BCUT2D eigenvalue weighted by Gasteiger charge is -2.31. The van der Waals surface area contributed by atoms with Crippen molar-refractivity contribution in [3.63, 3.8) is 0 Å². The van der Waals surface area contributed by atoms with Crippen LogP contribution in [-0.4, -0.2) is 89.7 Å². The Morgan fingerprint density at radius 2 is 1.56 bits per heavy atom. The number of hydrogen-bond acceptors (Lipinski definition) is 6. The Hall–Kier alpha value is -0.730. The summed E-state index contributed by atoms with van der Waals surface area (Å²) in [7, 11) is 2.04. The summed E-state index contributed by atoms with van der Waals surface area (Å²) in [6.07, 6.45) is 2.45. The van der Waals surface area contributed by atoms with Crippen LogP contribution in [0, 0.1) is 5.92 Å². The molecular formula is C18H37N3O4. The van der Waals surface area contributed by atoms with Crippen molar-refractivity contribution in [1.29, 1.82) is 0 Å². The first kappa shape index (κ1) is 22.3. The Bertz CT molecular complexity index is 334. The molecule has 1 rings (SSSR count). The fourth-order valence-electron chi connectivity index (χ4n) is 2.63. The van der Waals surface area contributed by atoms with Crippen LogP contribution in [0.2, 0.25) is 0 Å². The Labute approximate surface area is 152 Å². The van der Waals surface area contributed by atoms with E-state index in [1.807, 2.05) is 20.9 Å². The van der Waals surface area contributed by atoms with E-state index in [2.05, 4.69) is 15.5 Å². The molecule has 1 amide bonds. The minimum absolute atomic E-state index is 0.0171. The molecule has 0 bridgehead atoms.